The van der Waals surface area contributed by atoms with Gasteiger partial charge in [0, 0.05) is 19.6 Å². The summed E-state index contributed by atoms with van der Waals surface area (Å²) in [6.07, 6.45) is 1.77. The number of piperidine rings is 1. The van der Waals surface area contributed by atoms with Gasteiger partial charge in [-0.1, -0.05) is 6.07 Å². The molecule has 22 heavy (non-hydrogen) atoms. The number of sulfonamides is 1. The Kier molecular flexibility index (Phi) is 4.89. The summed E-state index contributed by atoms with van der Waals surface area (Å²) in [6, 6.07) is 4.28. The molecule has 0 spiro atoms. The van der Waals surface area contributed by atoms with E-state index in [-0.39, 0.29) is 22.1 Å². The van der Waals surface area contributed by atoms with Gasteiger partial charge in [0.05, 0.1) is 10.5 Å². The summed E-state index contributed by atoms with van der Waals surface area (Å²) in [5.41, 5.74) is 0.307. The number of likely N-dealkylation sites (N-methyl/N-ethyl adjacent to an activating group) is 2. The SMILES string of the molecule is Cc1c(C(=O)O)cccc1S(=O)(=O)N(C)[C@H]1CCCN(C)C1. The third-order valence-corrected chi connectivity index (χ3v) is 6.34. The van der Waals surface area contributed by atoms with E-state index in [0.717, 1.165) is 19.4 Å². The van der Waals surface area contributed by atoms with Crippen molar-refractivity contribution in [2.45, 2.75) is 30.7 Å². The number of hydrogen-bond acceptors (Lipinski definition) is 4. The van der Waals surface area contributed by atoms with Crippen molar-refractivity contribution in [2.75, 3.05) is 27.2 Å². The highest BCUT2D eigenvalue weighted by atomic mass is 32.2. The molecule has 1 aromatic carbocycles. The van der Waals surface area contributed by atoms with Crippen LogP contribution in [0.1, 0.15) is 28.8 Å². The predicted molar refractivity (Wildman–Crippen MR) is 83.6 cm³/mol. The van der Waals surface area contributed by atoms with Gasteiger partial charge in [0.2, 0.25) is 10.0 Å². The van der Waals surface area contributed by atoms with Crippen LogP contribution in [0, 0.1) is 6.92 Å². The van der Waals surface area contributed by atoms with Gasteiger partial charge in [0.1, 0.15) is 0 Å². The van der Waals surface area contributed by atoms with E-state index in [1.54, 1.807) is 7.05 Å². The van der Waals surface area contributed by atoms with Crippen molar-refractivity contribution in [1.29, 1.82) is 0 Å². The lowest BCUT2D eigenvalue weighted by atomic mass is 10.1. The second kappa shape index (κ2) is 6.36. The van der Waals surface area contributed by atoms with Crippen LogP contribution < -0.4 is 0 Å². The van der Waals surface area contributed by atoms with Gasteiger partial charge in [-0.3, -0.25) is 0 Å². The fourth-order valence-corrected chi connectivity index (χ4v) is 4.54. The van der Waals surface area contributed by atoms with E-state index < -0.39 is 16.0 Å². The molecule has 1 aliphatic rings. The van der Waals surface area contributed by atoms with Gasteiger partial charge >= 0.3 is 5.97 Å². The Balaban J connectivity index is 2.38. The highest BCUT2D eigenvalue weighted by molar-refractivity contribution is 7.89. The van der Waals surface area contributed by atoms with Crippen LogP contribution in [-0.2, 0) is 10.0 Å². The molecule has 0 unspecified atom stereocenters. The van der Waals surface area contributed by atoms with E-state index in [2.05, 4.69) is 4.90 Å². The Morgan fingerprint density at radius 2 is 2.09 bits per heavy atom. The van der Waals surface area contributed by atoms with Gasteiger partial charge in [-0.2, -0.15) is 4.31 Å². The largest absolute Gasteiger partial charge is 0.478 e. The first kappa shape index (κ1) is 16.9. The minimum atomic E-state index is -3.71. The van der Waals surface area contributed by atoms with Crippen molar-refractivity contribution in [3.05, 3.63) is 29.3 Å². The summed E-state index contributed by atoms with van der Waals surface area (Å²) in [5, 5.41) is 9.16. The maximum absolute atomic E-state index is 12.8. The standard InChI is InChI=1S/C15H22N2O4S/c1-11-13(15(18)19)7-4-8-14(11)22(20,21)17(3)12-6-5-9-16(2)10-12/h4,7-8,12H,5-6,9-10H2,1-3H3,(H,18,19)/t12-/m0/s1. The summed E-state index contributed by atoms with van der Waals surface area (Å²) >= 11 is 0. The molecular formula is C15H22N2O4S. The van der Waals surface area contributed by atoms with Crippen molar-refractivity contribution in [2.24, 2.45) is 0 Å². The van der Waals surface area contributed by atoms with Crippen molar-refractivity contribution in [3.63, 3.8) is 0 Å². The molecule has 1 atom stereocenters. The van der Waals surface area contributed by atoms with Crippen LogP contribution in [0.25, 0.3) is 0 Å². The van der Waals surface area contributed by atoms with Crippen LogP contribution in [0.5, 0.6) is 0 Å². The fraction of sp³-hybridized carbons (Fsp3) is 0.533. The van der Waals surface area contributed by atoms with Gasteiger partial charge < -0.3 is 10.0 Å². The number of hydrogen-bond donors (Lipinski definition) is 1. The zero-order valence-corrected chi connectivity index (χ0v) is 13.9. The van der Waals surface area contributed by atoms with Gasteiger partial charge in [-0.05, 0) is 51.1 Å². The maximum atomic E-state index is 12.8. The van der Waals surface area contributed by atoms with E-state index in [1.165, 1.54) is 29.4 Å². The molecule has 0 aromatic heterocycles. The van der Waals surface area contributed by atoms with Crippen molar-refractivity contribution < 1.29 is 18.3 Å². The predicted octanol–water partition coefficient (Wildman–Crippen LogP) is 1.41. The van der Waals surface area contributed by atoms with E-state index in [4.69, 9.17) is 5.11 Å². The molecule has 2 rings (SSSR count). The number of benzene rings is 1. The van der Waals surface area contributed by atoms with Gasteiger partial charge in [-0.15, -0.1) is 0 Å². The average Bonchev–Trinajstić information content (AvgIpc) is 2.46. The lowest BCUT2D eigenvalue weighted by Crippen LogP contribution is -2.47. The van der Waals surface area contributed by atoms with Gasteiger partial charge in [-0.25, -0.2) is 13.2 Å². The minimum absolute atomic E-state index is 0.0234. The molecule has 1 aliphatic heterocycles. The Bertz CT molecular complexity index is 672. The molecule has 1 fully saturated rings. The molecule has 6 nitrogen and oxygen atoms in total. The number of likely N-dealkylation sites (tertiary alicyclic amines) is 1. The summed E-state index contributed by atoms with van der Waals surface area (Å²) < 4.78 is 27.1. The molecule has 1 heterocycles. The quantitative estimate of drug-likeness (QED) is 0.905. The average molecular weight is 326 g/mol. The first-order valence-corrected chi connectivity index (χ1v) is 8.68. The number of carboxylic acid groups (broad SMARTS) is 1. The molecule has 0 aliphatic carbocycles. The Morgan fingerprint density at radius 3 is 2.68 bits per heavy atom. The number of nitrogens with zero attached hydrogens (tertiary/aromatic N) is 2. The molecular weight excluding hydrogens is 304 g/mol. The van der Waals surface area contributed by atoms with Crippen LogP contribution >= 0.6 is 0 Å². The summed E-state index contributed by atoms with van der Waals surface area (Å²) in [7, 11) is -0.155. The number of rotatable bonds is 4. The minimum Gasteiger partial charge on any atom is -0.478 e. The lowest BCUT2D eigenvalue weighted by molar-refractivity contribution is 0.0696. The molecule has 0 radical (unpaired) electrons. The van der Waals surface area contributed by atoms with Gasteiger partial charge in [0.15, 0.2) is 0 Å². The summed E-state index contributed by atoms with van der Waals surface area (Å²) in [4.78, 5) is 13.4. The first-order valence-electron chi connectivity index (χ1n) is 7.24. The summed E-state index contributed by atoms with van der Waals surface area (Å²) in [6.45, 7) is 3.20. The number of carbonyl (C=O) groups is 1. The Hall–Kier alpha value is -1.44. The van der Waals surface area contributed by atoms with E-state index >= 15 is 0 Å². The maximum Gasteiger partial charge on any atom is 0.335 e. The number of carboxylic acids is 1. The van der Waals surface area contributed by atoms with E-state index in [1.807, 2.05) is 7.05 Å². The second-order valence-corrected chi connectivity index (χ2v) is 7.78. The Morgan fingerprint density at radius 1 is 1.41 bits per heavy atom. The van der Waals surface area contributed by atoms with E-state index in [9.17, 15) is 13.2 Å². The third kappa shape index (κ3) is 3.16. The van der Waals surface area contributed by atoms with Crippen LogP contribution in [0.3, 0.4) is 0 Å². The zero-order chi connectivity index (χ0) is 16.5. The second-order valence-electron chi connectivity index (χ2n) is 5.81. The molecule has 0 saturated carbocycles. The molecule has 0 bridgehead atoms. The number of aromatic carboxylic acids is 1. The monoisotopic (exact) mass is 326 g/mol. The molecule has 1 N–H and O–H groups in total. The molecule has 122 valence electrons. The highest BCUT2D eigenvalue weighted by Gasteiger charge is 2.32. The molecule has 7 heteroatoms. The first-order chi connectivity index (χ1) is 10.2. The van der Waals surface area contributed by atoms with Crippen molar-refractivity contribution in [3.8, 4) is 0 Å². The third-order valence-electron chi connectivity index (χ3n) is 4.29. The zero-order valence-electron chi connectivity index (χ0n) is 13.1. The molecule has 1 saturated heterocycles. The topological polar surface area (TPSA) is 77.9 Å². The van der Waals surface area contributed by atoms with E-state index in [0.29, 0.717) is 6.54 Å². The van der Waals surface area contributed by atoms with Gasteiger partial charge in [0.25, 0.3) is 0 Å². The molecule has 0 amide bonds. The molecule has 1 aromatic rings. The summed E-state index contributed by atoms with van der Waals surface area (Å²) in [5.74, 6) is -1.12. The highest BCUT2D eigenvalue weighted by Crippen LogP contribution is 2.25. The fourth-order valence-electron chi connectivity index (χ4n) is 2.91. The van der Waals surface area contributed by atoms with Crippen molar-refractivity contribution in [1.82, 2.24) is 9.21 Å². The Labute approximate surface area is 131 Å². The van der Waals surface area contributed by atoms with Crippen LogP contribution in [0.15, 0.2) is 23.1 Å². The lowest BCUT2D eigenvalue weighted by Gasteiger charge is -2.35. The normalized spacial score (nSPS) is 20.3. The van der Waals surface area contributed by atoms with Crippen LogP contribution in [0.2, 0.25) is 0 Å². The van der Waals surface area contributed by atoms with Crippen LogP contribution in [-0.4, -0.2) is 61.9 Å². The smallest absolute Gasteiger partial charge is 0.335 e. The van der Waals surface area contributed by atoms with Crippen LogP contribution in [0.4, 0.5) is 0 Å². The van der Waals surface area contributed by atoms with Crippen molar-refractivity contribution >= 4 is 16.0 Å².